The number of carbonyl (C=O) groups excluding carboxylic acids is 1. The molecule has 0 aromatic heterocycles. The van der Waals surface area contributed by atoms with E-state index in [-0.39, 0.29) is 6.54 Å². The van der Waals surface area contributed by atoms with E-state index in [1.807, 2.05) is 6.92 Å². The first-order chi connectivity index (χ1) is 6.07. The van der Waals surface area contributed by atoms with Gasteiger partial charge in [-0.2, -0.15) is 0 Å². The Labute approximate surface area is 79.5 Å². The quantitative estimate of drug-likeness (QED) is 0.526. The van der Waals surface area contributed by atoms with E-state index in [1.165, 1.54) is 0 Å². The third-order valence-corrected chi connectivity index (χ3v) is 1.98. The number of aliphatic hydroxyl groups is 1. The molecular formula is C9H20N2O2. The number of carbonyl (C=O) groups is 1. The predicted molar refractivity (Wildman–Crippen MR) is 52.2 cm³/mol. The molecule has 0 spiro atoms. The van der Waals surface area contributed by atoms with Gasteiger partial charge in [0, 0.05) is 12.6 Å². The summed E-state index contributed by atoms with van der Waals surface area (Å²) in [6.07, 6.45) is 2.30. The van der Waals surface area contributed by atoms with Crippen LogP contribution in [-0.2, 0) is 4.79 Å². The molecule has 0 aliphatic carbocycles. The summed E-state index contributed by atoms with van der Waals surface area (Å²) < 4.78 is 0. The first kappa shape index (κ1) is 12.4. The lowest BCUT2D eigenvalue weighted by atomic mass is 10.1. The Morgan fingerprint density at radius 3 is 2.69 bits per heavy atom. The molecule has 13 heavy (non-hydrogen) atoms. The van der Waals surface area contributed by atoms with Crippen molar-refractivity contribution in [3.05, 3.63) is 0 Å². The van der Waals surface area contributed by atoms with E-state index in [1.54, 1.807) is 0 Å². The van der Waals surface area contributed by atoms with Crippen LogP contribution < -0.4 is 11.1 Å². The summed E-state index contributed by atoms with van der Waals surface area (Å²) in [5, 5.41) is 12.1. The molecule has 0 aromatic rings. The zero-order valence-electron chi connectivity index (χ0n) is 8.42. The van der Waals surface area contributed by atoms with E-state index in [0.717, 1.165) is 19.3 Å². The minimum Gasteiger partial charge on any atom is -0.382 e. The molecule has 4 N–H and O–H groups in total. The van der Waals surface area contributed by atoms with Crippen molar-refractivity contribution >= 4 is 5.91 Å². The van der Waals surface area contributed by atoms with Gasteiger partial charge in [-0.25, -0.2) is 0 Å². The summed E-state index contributed by atoms with van der Waals surface area (Å²) >= 11 is 0. The number of aliphatic hydroxyl groups excluding tert-OH is 1. The van der Waals surface area contributed by atoms with Gasteiger partial charge in [0.15, 0.2) is 0 Å². The molecule has 2 unspecified atom stereocenters. The van der Waals surface area contributed by atoms with Crippen LogP contribution in [-0.4, -0.2) is 29.7 Å². The van der Waals surface area contributed by atoms with E-state index < -0.39 is 12.0 Å². The fourth-order valence-electron chi connectivity index (χ4n) is 1.03. The van der Waals surface area contributed by atoms with E-state index in [9.17, 15) is 4.79 Å². The molecule has 0 rings (SSSR count). The topological polar surface area (TPSA) is 75.3 Å². The highest BCUT2D eigenvalue weighted by Crippen LogP contribution is 1.99. The summed E-state index contributed by atoms with van der Waals surface area (Å²) in [5.74, 6) is -0.671. The maximum absolute atomic E-state index is 10.5. The summed E-state index contributed by atoms with van der Waals surface area (Å²) in [6.45, 7) is 4.41. The first-order valence-corrected chi connectivity index (χ1v) is 4.78. The van der Waals surface area contributed by atoms with Crippen LogP contribution in [0.2, 0.25) is 0 Å². The largest absolute Gasteiger partial charge is 0.382 e. The van der Waals surface area contributed by atoms with Crippen molar-refractivity contribution in [2.45, 2.75) is 45.3 Å². The molecule has 1 amide bonds. The normalized spacial score (nSPS) is 15.3. The average Bonchev–Trinajstić information content (AvgIpc) is 2.10. The smallest absolute Gasteiger partial charge is 0.247 e. The van der Waals surface area contributed by atoms with Crippen molar-refractivity contribution < 1.29 is 9.90 Å². The number of nitrogens with two attached hydrogens (primary N) is 1. The third kappa shape index (κ3) is 6.54. The van der Waals surface area contributed by atoms with Gasteiger partial charge < -0.3 is 16.2 Å². The Hall–Kier alpha value is -0.610. The SMILES string of the molecule is CCCCC(C)NCC(O)C(N)=O. The highest BCUT2D eigenvalue weighted by molar-refractivity contribution is 5.78. The van der Waals surface area contributed by atoms with Gasteiger partial charge in [0.25, 0.3) is 0 Å². The number of nitrogens with one attached hydrogen (secondary N) is 1. The Kier molecular flexibility index (Phi) is 6.54. The molecule has 2 atom stereocenters. The molecule has 4 nitrogen and oxygen atoms in total. The van der Waals surface area contributed by atoms with Crippen molar-refractivity contribution in [2.75, 3.05) is 6.54 Å². The van der Waals surface area contributed by atoms with Gasteiger partial charge in [0.2, 0.25) is 5.91 Å². The minimum atomic E-state index is -1.07. The molecular weight excluding hydrogens is 168 g/mol. The standard InChI is InChI=1S/C9H20N2O2/c1-3-4-5-7(2)11-6-8(12)9(10)13/h7-8,11-12H,3-6H2,1-2H3,(H2,10,13). The van der Waals surface area contributed by atoms with Crippen LogP contribution in [0.15, 0.2) is 0 Å². The van der Waals surface area contributed by atoms with Gasteiger partial charge in [-0.1, -0.05) is 19.8 Å². The highest BCUT2D eigenvalue weighted by Gasteiger charge is 2.11. The zero-order chi connectivity index (χ0) is 10.3. The fraction of sp³-hybridized carbons (Fsp3) is 0.889. The lowest BCUT2D eigenvalue weighted by Crippen LogP contribution is -2.40. The fourth-order valence-corrected chi connectivity index (χ4v) is 1.03. The van der Waals surface area contributed by atoms with Crippen LogP contribution in [0, 0.1) is 0 Å². The minimum absolute atomic E-state index is 0.250. The van der Waals surface area contributed by atoms with E-state index in [2.05, 4.69) is 12.2 Å². The second kappa shape index (κ2) is 6.86. The molecule has 0 aliphatic rings. The summed E-state index contributed by atoms with van der Waals surface area (Å²) in [5.41, 5.74) is 4.89. The van der Waals surface area contributed by atoms with Crippen LogP contribution in [0.3, 0.4) is 0 Å². The average molecular weight is 188 g/mol. The Morgan fingerprint density at radius 2 is 2.23 bits per heavy atom. The second-order valence-electron chi connectivity index (χ2n) is 3.37. The Morgan fingerprint density at radius 1 is 1.62 bits per heavy atom. The molecule has 78 valence electrons. The monoisotopic (exact) mass is 188 g/mol. The highest BCUT2D eigenvalue weighted by atomic mass is 16.3. The number of primary amides is 1. The lowest BCUT2D eigenvalue weighted by molar-refractivity contribution is -0.125. The molecule has 0 saturated heterocycles. The maximum Gasteiger partial charge on any atom is 0.247 e. The van der Waals surface area contributed by atoms with Crippen molar-refractivity contribution in [3.8, 4) is 0 Å². The van der Waals surface area contributed by atoms with E-state index in [0.29, 0.717) is 6.04 Å². The van der Waals surface area contributed by atoms with Crippen LogP contribution in [0.4, 0.5) is 0 Å². The molecule has 4 heteroatoms. The summed E-state index contributed by atoms with van der Waals surface area (Å²) in [4.78, 5) is 10.5. The number of unbranched alkanes of at least 4 members (excludes halogenated alkanes) is 1. The van der Waals surface area contributed by atoms with Crippen LogP contribution in [0.25, 0.3) is 0 Å². The van der Waals surface area contributed by atoms with E-state index in [4.69, 9.17) is 10.8 Å². The van der Waals surface area contributed by atoms with Gasteiger partial charge in [-0.15, -0.1) is 0 Å². The van der Waals surface area contributed by atoms with Crippen molar-refractivity contribution in [2.24, 2.45) is 5.73 Å². The van der Waals surface area contributed by atoms with Gasteiger partial charge in [0.1, 0.15) is 6.10 Å². The number of rotatable bonds is 7. The van der Waals surface area contributed by atoms with Gasteiger partial charge in [-0.3, -0.25) is 4.79 Å². The third-order valence-electron chi connectivity index (χ3n) is 1.98. The van der Waals surface area contributed by atoms with E-state index >= 15 is 0 Å². The molecule has 0 radical (unpaired) electrons. The zero-order valence-corrected chi connectivity index (χ0v) is 8.42. The predicted octanol–water partition coefficient (Wildman–Crippen LogP) is 0.000900. The molecule has 0 aromatic carbocycles. The van der Waals surface area contributed by atoms with Crippen molar-refractivity contribution in [1.82, 2.24) is 5.32 Å². The molecule has 0 heterocycles. The van der Waals surface area contributed by atoms with Gasteiger partial charge in [-0.05, 0) is 13.3 Å². The number of hydrogen-bond donors (Lipinski definition) is 3. The molecule has 0 aliphatic heterocycles. The molecule has 0 bridgehead atoms. The molecule has 0 saturated carbocycles. The van der Waals surface area contributed by atoms with Gasteiger partial charge >= 0.3 is 0 Å². The lowest BCUT2D eigenvalue weighted by Gasteiger charge is -2.14. The van der Waals surface area contributed by atoms with Crippen molar-refractivity contribution in [3.63, 3.8) is 0 Å². The van der Waals surface area contributed by atoms with Crippen molar-refractivity contribution in [1.29, 1.82) is 0 Å². The van der Waals surface area contributed by atoms with Crippen LogP contribution >= 0.6 is 0 Å². The number of amides is 1. The second-order valence-corrected chi connectivity index (χ2v) is 3.37. The summed E-state index contributed by atoms with van der Waals surface area (Å²) in [7, 11) is 0. The van der Waals surface area contributed by atoms with Gasteiger partial charge in [0.05, 0.1) is 0 Å². The molecule has 0 fully saturated rings. The van der Waals surface area contributed by atoms with Crippen LogP contribution in [0.5, 0.6) is 0 Å². The Balaban J connectivity index is 3.45. The maximum atomic E-state index is 10.5. The summed E-state index contributed by atoms with van der Waals surface area (Å²) in [6, 6.07) is 0.328. The Bertz CT molecular complexity index is 151. The first-order valence-electron chi connectivity index (χ1n) is 4.78. The van der Waals surface area contributed by atoms with Crippen LogP contribution in [0.1, 0.15) is 33.1 Å². The number of hydrogen-bond acceptors (Lipinski definition) is 3.